The summed E-state index contributed by atoms with van der Waals surface area (Å²) in [6.07, 6.45) is 6.69. The van der Waals surface area contributed by atoms with E-state index in [1.807, 2.05) is 54.8 Å². The molecule has 0 aliphatic carbocycles. The number of hydrogen-bond acceptors (Lipinski definition) is 5. The topological polar surface area (TPSA) is 73.1 Å². The zero-order chi connectivity index (χ0) is 21.4. The molecule has 0 bridgehead atoms. The Hall–Kier alpha value is -3.74. The number of carbonyl (C=O) groups is 1. The summed E-state index contributed by atoms with van der Waals surface area (Å²) >= 11 is 0. The standard InChI is InChI=1S/C24H23N5O2/c1-28-14-20(13-26-28)18-9-17-10-19-15-29(8-7-21(19)27-24(17)25-12-18)23(30)11-16-5-3-4-6-22(16)31-2/h3-6,9-10,12-14H,7-8,11,15H2,1-2H3. The minimum absolute atomic E-state index is 0.0949. The molecule has 0 saturated carbocycles. The lowest BCUT2D eigenvalue weighted by molar-refractivity contribution is -0.131. The zero-order valence-corrected chi connectivity index (χ0v) is 17.6. The molecule has 1 aromatic carbocycles. The second-order valence-corrected chi connectivity index (χ2v) is 7.82. The number of aromatic nitrogens is 4. The monoisotopic (exact) mass is 413 g/mol. The van der Waals surface area contributed by atoms with E-state index in [9.17, 15) is 4.79 Å². The summed E-state index contributed by atoms with van der Waals surface area (Å²) in [5, 5.41) is 5.21. The maximum atomic E-state index is 13.0. The number of pyridine rings is 2. The smallest absolute Gasteiger partial charge is 0.227 e. The molecule has 0 saturated heterocycles. The van der Waals surface area contributed by atoms with Crippen molar-refractivity contribution < 1.29 is 9.53 Å². The maximum absolute atomic E-state index is 13.0. The van der Waals surface area contributed by atoms with Crippen LogP contribution in [0.3, 0.4) is 0 Å². The van der Waals surface area contributed by atoms with Crippen LogP contribution in [0, 0.1) is 0 Å². The molecule has 0 radical (unpaired) electrons. The number of hydrogen-bond donors (Lipinski definition) is 0. The van der Waals surface area contributed by atoms with Crippen LogP contribution in [0.25, 0.3) is 22.2 Å². The summed E-state index contributed by atoms with van der Waals surface area (Å²) in [7, 11) is 3.53. The largest absolute Gasteiger partial charge is 0.496 e. The molecule has 0 unspecified atom stereocenters. The fraction of sp³-hybridized carbons (Fsp3) is 0.250. The minimum atomic E-state index is 0.0949. The highest BCUT2D eigenvalue weighted by atomic mass is 16.5. The Balaban J connectivity index is 1.40. The van der Waals surface area contributed by atoms with E-state index in [2.05, 4.69) is 22.2 Å². The summed E-state index contributed by atoms with van der Waals surface area (Å²) in [5.74, 6) is 0.840. The second-order valence-electron chi connectivity index (χ2n) is 7.82. The molecule has 0 atom stereocenters. The number of amides is 1. The van der Waals surface area contributed by atoms with Crippen LogP contribution >= 0.6 is 0 Å². The van der Waals surface area contributed by atoms with Gasteiger partial charge in [0.15, 0.2) is 5.65 Å². The highest BCUT2D eigenvalue weighted by molar-refractivity contribution is 5.83. The normalized spacial score (nSPS) is 13.3. The molecule has 0 fully saturated rings. The van der Waals surface area contributed by atoms with Crippen molar-refractivity contribution in [3.63, 3.8) is 0 Å². The molecule has 3 aromatic heterocycles. The minimum Gasteiger partial charge on any atom is -0.496 e. The Bertz CT molecular complexity index is 1280. The molecule has 7 nitrogen and oxygen atoms in total. The number of para-hydroxylation sites is 1. The number of nitrogens with zero attached hydrogens (tertiary/aromatic N) is 5. The Kier molecular flexibility index (Phi) is 4.86. The lowest BCUT2D eigenvalue weighted by atomic mass is 10.0. The van der Waals surface area contributed by atoms with Crippen molar-refractivity contribution in [3.8, 4) is 16.9 Å². The summed E-state index contributed by atoms with van der Waals surface area (Å²) in [5.41, 5.74) is 5.76. The molecule has 1 aliphatic rings. The van der Waals surface area contributed by atoms with Crippen LogP contribution in [0.5, 0.6) is 5.75 Å². The number of ether oxygens (including phenoxy) is 1. The average molecular weight is 413 g/mol. The summed E-state index contributed by atoms with van der Waals surface area (Å²) in [6, 6.07) is 11.9. The number of rotatable bonds is 4. The number of methoxy groups -OCH3 is 1. The van der Waals surface area contributed by atoms with E-state index < -0.39 is 0 Å². The van der Waals surface area contributed by atoms with Crippen molar-refractivity contribution in [1.82, 2.24) is 24.6 Å². The molecule has 4 aromatic rings. The third kappa shape index (κ3) is 3.74. The van der Waals surface area contributed by atoms with E-state index in [1.54, 1.807) is 11.8 Å². The van der Waals surface area contributed by atoms with E-state index in [0.29, 0.717) is 19.5 Å². The van der Waals surface area contributed by atoms with Crippen molar-refractivity contribution in [2.24, 2.45) is 7.05 Å². The molecule has 4 heterocycles. The second kappa shape index (κ2) is 7.83. The van der Waals surface area contributed by atoms with Gasteiger partial charge >= 0.3 is 0 Å². The molecule has 156 valence electrons. The van der Waals surface area contributed by atoms with Crippen LogP contribution in [0.1, 0.15) is 16.8 Å². The van der Waals surface area contributed by atoms with Crippen LogP contribution in [0.4, 0.5) is 0 Å². The number of carbonyl (C=O) groups excluding carboxylic acids is 1. The van der Waals surface area contributed by atoms with E-state index in [1.165, 1.54) is 0 Å². The molecular formula is C24H23N5O2. The van der Waals surface area contributed by atoms with Gasteiger partial charge in [0.2, 0.25) is 5.91 Å². The van der Waals surface area contributed by atoms with Gasteiger partial charge in [0.05, 0.1) is 19.7 Å². The van der Waals surface area contributed by atoms with E-state index in [4.69, 9.17) is 9.72 Å². The van der Waals surface area contributed by atoms with Gasteiger partial charge in [-0.2, -0.15) is 5.10 Å². The van der Waals surface area contributed by atoms with Crippen LogP contribution < -0.4 is 4.74 Å². The van der Waals surface area contributed by atoms with E-state index >= 15 is 0 Å². The van der Waals surface area contributed by atoms with Crippen molar-refractivity contribution in [2.75, 3.05) is 13.7 Å². The first-order chi connectivity index (χ1) is 15.1. The van der Waals surface area contributed by atoms with Crippen LogP contribution in [0.15, 0.2) is 55.0 Å². The van der Waals surface area contributed by atoms with Gasteiger partial charge in [-0.1, -0.05) is 18.2 Å². The molecule has 31 heavy (non-hydrogen) atoms. The molecular weight excluding hydrogens is 390 g/mol. The highest BCUT2D eigenvalue weighted by Crippen LogP contribution is 2.26. The third-order valence-electron chi connectivity index (χ3n) is 5.74. The van der Waals surface area contributed by atoms with Crippen LogP contribution in [-0.4, -0.2) is 44.2 Å². The van der Waals surface area contributed by atoms with Crippen molar-refractivity contribution in [1.29, 1.82) is 0 Å². The molecule has 5 rings (SSSR count). The Morgan fingerprint density at radius 2 is 2.03 bits per heavy atom. The molecule has 0 spiro atoms. The number of aryl methyl sites for hydroxylation is 1. The lowest BCUT2D eigenvalue weighted by Crippen LogP contribution is -2.37. The van der Waals surface area contributed by atoms with Gasteiger partial charge in [0.25, 0.3) is 0 Å². The summed E-state index contributed by atoms with van der Waals surface area (Å²) in [4.78, 5) is 24.2. The first-order valence-electron chi connectivity index (χ1n) is 10.3. The van der Waals surface area contributed by atoms with Gasteiger partial charge < -0.3 is 9.64 Å². The van der Waals surface area contributed by atoms with Crippen molar-refractivity contribution in [3.05, 3.63) is 71.8 Å². The Labute approximate surface area is 180 Å². The van der Waals surface area contributed by atoms with E-state index in [0.717, 1.165) is 51.2 Å². The van der Waals surface area contributed by atoms with Gasteiger partial charge in [-0.15, -0.1) is 0 Å². The Morgan fingerprint density at radius 3 is 2.84 bits per heavy atom. The lowest BCUT2D eigenvalue weighted by Gasteiger charge is -2.28. The summed E-state index contributed by atoms with van der Waals surface area (Å²) < 4.78 is 7.17. The van der Waals surface area contributed by atoms with Crippen molar-refractivity contribution in [2.45, 2.75) is 19.4 Å². The quantitative estimate of drug-likeness (QED) is 0.514. The average Bonchev–Trinajstić information content (AvgIpc) is 3.23. The first kappa shape index (κ1) is 19.2. The highest BCUT2D eigenvalue weighted by Gasteiger charge is 2.23. The van der Waals surface area contributed by atoms with Gasteiger partial charge in [0.1, 0.15) is 5.75 Å². The number of fused-ring (bicyclic) bond motifs is 2. The van der Waals surface area contributed by atoms with Crippen molar-refractivity contribution >= 4 is 16.9 Å². The molecule has 1 aliphatic heterocycles. The fourth-order valence-corrected chi connectivity index (χ4v) is 4.09. The predicted molar refractivity (Wildman–Crippen MR) is 118 cm³/mol. The first-order valence-corrected chi connectivity index (χ1v) is 10.3. The van der Waals surface area contributed by atoms with Gasteiger partial charge in [-0.25, -0.2) is 9.97 Å². The molecule has 1 amide bonds. The van der Waals surface area contributed by atoms with Gasteiger partial charge in [-0.3, -0.25) is 9.48 Å². The zero-order valence-electron chi connectivity index (χ0n) is 17.6. The number of benzene rings is 1. The predicted octanol–water partition coefficient (Wildman–Crippen LogP) is 3.17. The van der Waals surface area contributed by atoms with Gasteiger partial charge in [-0.05, 0) is 23.8 Å². The van der Waals surface area contributed by atoms with E-state index in [-0.39, 0.29) is 5.91 Å². The molecule has 7 heteroatoms. The Morgan fingerprint density at radius 1 is 1.16 bits per heavy atom. The van der Waals surface area contributed by atoms with Crippen LogP contribution in [0.2, 0.25) is 0 Å². The third-order valence-corrected chi connectivity index (χ3v) is 5.74. The van der Waals surface area contributed by atoms with Crippen LogP contribution in [-0.2, 0) is 31.2 Å². The molecule has 0 N–H and O–H groups in total. The summed E-state index contributed by atoms with van der Waals surface area (Å²) in [6.45, 7) is 1.22. The fourth-order valence-electron chi connectivity index (χ4n) is 4.09. The van der Waals surface area contributed by atoms with Gasteiger partial charge in [0, 0.05) is 66.7 Å². The SMILES string of the molecule is COc1ccccc1CC(=O)N1CCc2nc3ncc(-c4cnn(C)c4)cc3cc2C1. The maximum Gasteiger partial charge on any atom is 0.227 e.